The van der Waals surface area contributed by atoms with Crippen LogP contribution in [-0.2, 0) is 22.4 Å². The van der Waals surface area contributed by atoms with Gasteiger partial charge in [-0.3, -0.25) is 9.59 Å². The van der Waals surface area contributed by atoms with E-state index in [-0.39, 0.29) is 24.1 Å². The van der Waals surface area contributed by atoms with E-state index in [1.54, 1.807) is 25.4 Å². The number of hydrogen-bond acceptors (Lipinski definition) is 6. The Morgan fingerprint density at radius 3 is 2.76 bits per heavy atom. The number of thioether (sulfide) groups is 1. The maximum Gasteiger partial charge on any atom is 0.241 e. The summed E-state index contributed by atoms with van der Waals surface area (Å²) in [6, 6.07) is 0. The van der Waals surface area contributed by atoms with Crippen molar-refractivity contribution < 1.29 is 9.59 Å². The highest BCUT2D eigenvalue weighted by molar-refractivity contribution is 8.00. The summed E-state index contributed by atoms with van der Waals surface area (Å²) >= 11 is 3.19. The maximum absolute atomic E-state index is 12.0. The molecule has 134 valence electrons. The third-order valence-electron chi connectivity index (χ3n) is 4.17. The van der Waals surface area contributed by atoms with Crippen LogP contribution >= 0.6 is 23.1 Å². The Kier molecular flexibility index (Phi) is 5.58. The molecule has 0 aromatic carbocycles. The van der Waals surface area contributed by atoms with Gasteiger partial charge in [0, 0.05) is 24.4 Å². The summed E-state index contributed by atoms with van der Waals surface area (Å²) in [5, 5.41) is 4.68. The summed E-state index contributed by atoms with van der Waals surface area (Å²) in [5.41, 5.74) is 1.37. The number of nitrogens with zero attached hydrogens (tertiary/aromatic N) is 3. The molecule has 0 radical (unpaired) electrons. The van der Waals surface area contributed by atoms with E-state index < -0.39 is 0 Å². The molecule has 2 aromatic rings. The average molecular weight is 379 g/mol. The van der Waals surface area contributed by atoms with Crippen molar-refractivity contribution in [3.8, 4) is 0 Å². The molecule has 25 heavy (non-hydrogen) atoms. The van der Waals surface area contributed by atoms with Crippen molar-refractivity contribution in [2.24, 2.45) is 0 Å². The van der Waals surface area contributed by atoms with Gasteiger partial charge in [-0.05, 0) is 38.2 Å². The molecular formula is C17H22N4O2S2. The molecule has 0 unspecified atom stereocenters. The number of thiophene rings is 1. The van der Waals surface area contributed by atoms with E-state index in [0.29, 0.717) is 0 Å². The predicted octanol–water partition coefficient (Wildman–Crippen LogP) is 2.18. The summed E-state index contributed by atoms with van der Waals surface area (Å²) in [6.45, 7) is 1.91. The molecule has 0 aliphatic heterocycles. The summed E-state index contributed by atoms with van der Waals surface area (Å²) in [5.74, 6) is 0.702. The first-order valence-corrected chi connectivity index (χ1v) is 10.1. The Bertz CT molecular complexity index is 817. The fourth-order valence-electron chi connectivity index (χ4n) is 2.85. The first-order valence-electron chi connectivity index (χ1n) is 8.34. The van der Waals surface area contributed by atoms with Crippen LogP contribution in [0.5, 0.6) is 0 Å². The zero-order chi connectivity index (χ0) is 18.0. The van der Waals surface area contributed by atoms with Gasteiger partial charge in [-0.2, -0.15) is 0 Å². The smallest absolute Gasteiger partial charge is 0.241 e. The molecule has 0 saturated carbocycles. The van der Waals surface area contributed by atoms with Crippen LogP contribution in [0.25, 0.3) is 10.2 Å². The van der Waals surface area contributed by atoms with Gasteiger partial charge in [0.1, 0.15) is 15.7 Å². The number of amides is 2. The molecule has 0 bridgehead atoms. The van der Waals surface area contributed by atoms with Gasteiger partial charge in [-0.1, -0.05) is 11.8 Å². The van der Waals surface area contributed by atoms with E-state index in [1.165, 1.54) is 39.9 Å². The normalized spacial score (nSPS) is 13.6. The summed E-state index contributed by atoms with van der Waals surface area (Å²) < 4.78 is 0. The second kappa shape index (κ2) is 7.70. The van der Waals surface area contributed by atoms with Gasteiger partial charge in [0.25, 0.3) is 0 Å². The topological polar surface area (TPSA) is 75.2 Å². The third-order valence-corrected chi connectivity index (χ3v) is 6.33. The minimum Gasteiger partial charge on any atom is -0.347 e. The number of nitrogens with one attached hydrogen (secondary N) is 1. The number of aryl methyl sites for hydroxylation is 3. The quantitative estimate of drug-likeness (QED) is 0.637. The van der Waals surface area contributed by atoms with Gasteiger partial charge in [-0.25, -0.2) is 9.97 Å². The van der Waals surface area contributed by atoms with Crippen LogP contribution in [0.3, 0.4) is 0 Å². The molecule has 1 N–H and O–H groups in total. The SMILES string of the molecule is Cc1nc(SCC(=O)NCC(=O)N(C)C)c2c3c(sc2n1)CCCC3. The van der Waals surface area contributed by atoms with Gasteiger partial charge < -0.3 is 10.2 Å². The summed E-state index contributed by atoms with van der Waals surface area (Å²) in [7, 11) is 3.34. The molecule has 6 nitrogen and oxygen atoms in total. The highest BCUT2D eigenvalue weighted by Gasteiger charge is 2.21. The van der Waals surface area contributed by atoms with Crippen molar-refractivity contribution in [3.05, 3.63) is 16.3 Å². The Balaban J connectivity index is 1.74. The monoisotopic (exact) mass is 378 g/mol. The molecule has 0 saturated heterocycles. The van der Waals surface area contributed by atoms with E-state index in [9.17, 15) is 9.59 Å². The van der Waals surface area contributed by atoms with Crippen molar-refractivity contribution >= 4 is 45.1 Å². The lowest BCUT2D eigenvalue weighted by atomic mass is 9.97. The summed E-state index contributed by atoms with van der Waals surface area (Å²) in [6.07, 6.45) is 4.62. The zero-order valence-corrected chi connectivity index (χ0v) is 16.4. The Morgan fingerprint density at radius 1 is 1.24 bits per heavy atom. The van der Waals surface area contributed by atoms with E-state index >= 15 is 0 Å². The van der Waals surface area contributed by atoms with Crippen LogP contribution in [0.2, 0.25) is 0 Å². The second-order valence-electron chi connectivity index (χ2n) is 6.32. The predicted molar refractivity (Wildman–Crippen MR) is 101 cm³/mol. The van der Waals surface area contributed by atoms with E-state index in [4.69, 9.17) is 0 Å². The Hall–Kier alpha value is -1.67. The highest BCUT2D eigenvalue weighted by Crippen LogP contribution is 2.39. The molecule has 3 rings (SSSR count). The second-order valence-corrected chi connectivity index (χ2v) is 8.37. The standard InChI is InChI=1S/C17H22N4O2S2/c1-10-19-16(24-9-13(22)18-8-14(23)21(2)3)15-11-6-4-5-7-12(11)25-17(15)20-10/h4-9H2,1-3H3,(H,18,22). The fourth-order valence-corrected chi connectivity index (χ4v) is 5.15. The van der Waals surface area contributed by atoms with Gasteiger partial charge >= 0.3 is 0 Å². The molecule has 2 aromatic heterocycles. The molecule has 1 aliphatic rings. The largest absolute Gasteiger partial charge is 0.347 e. The third kappa shape index (κ3) is 4.12. The minimum atomic E-state index is -0.159. The van der Waals surface area contributed by atoms with Gasteiger partial charge in [0.05, 0.1) is 12.3 Å². The van der Waals surface area contributed by atoms with Gasteiger partial charge in [0.15, 0.2) is 0 Å². The van der Waals surface area contributed by atoms with Crippen LogP contribution in [-0.4, -0.2) is 53.1 Å². The first-order chi connectivity index (χ1) is 12.0. The molecule has 0 spiro atoms. The van der Waals surface area contributed by atoms with E-state index in [2.05, 4.69) is 15.3 Å². The number of fused-ring (bicyclic) bond motifs is 3. The first kappa shape index (κ1) is 18.1. The van der Waals surface area contributed by atoms with Crippen molar-refractivity contribution in [1.29, 1.82) is 0 Å². The van der Waals surface area contributed by atoms with E-state index in [0.717, 1.165) is 33.9 Å². The van der Waals surface area contributed by atoms with Crippen LogP contribution in [0.15, 0.2) is 5.03 Å². The van der Waals surface area contributed by atoms with E-state index in [1.807, 2.05) is 6.92 Å². The molecule has 2 heterocycles. The highest BCUT2D eigenvalue weighted by atomic mass is 32.2. The molecule has 2 amide bonds. The minimum absolute atomic E-state index is 0.0262. The molecule has 0 atom stereocenters. The van der Waals surface area contributed by atoms with Crippen molar-refractivity contribution in [2.45, 2.75) is 37.6 Å². The molecular weight excluding hydrogens is 356 g/mol. The van der Waals surface area contributed by atoms with Gasteiger partial charge in [-0.15, -0.1) is 11.3 Å². The Labute approximate surface area is 155 Å². The lowest BCUT2D eigenvalue weighted by Crippen LogP contribution is -2.37. The van der Waals surface area contributed by atoms with Crippen LogP contribution < -0.4 is 5.32 Å². The number of aromatic nitrogens is 2. The van der Waals surface area contributed by atoms with Crippen molar-refractivity contribution in [2.75, 3.05) is 26.4 Å². The van der Waals surface area contributed by atoms with Gasteiger partial charge in [0.2, 0.25) is 11.8 Å². The Morgan fingerprint density at radius 2 is 2.00 bits per heavy atom. The maximum atomic E-state index is 12.0. The van der Waals surface area contributed by atoms with Crippen molar-refractivity contribution in [1.82, 2.24) is 20.2 Å². The lowest BCUT2D eigenvalue weighted by molar-refractivity contribution is -0.130. The van der Waals surface area contributed by atoms with Crippen LogP contribution in [0.4, 0.5) is 0 Å². The number of likely N-dealkylation sites (N-methyl/N-ethyl adjacent to an activating group) is 1. The van der Waals surface area contributed by atoms with Crippen molar-refractivity contribution in [3.63, 3.8) is 0 Å². The number of carbonyl (C=O) groups is 2. The molecule has 0 fully saturated rings. The zero-order valence-electron chi connectivity index (χ0n) is 14.7. The fraction of sp³-hybridized carbons (Fsp3) is 0.529. The number of carbonyl (C=O) groups excluding carboxylic acids is 2. The number of hydrogen-bond donors (Lipinski definition) is 1. The van der Waals surface area contributed by atoms with Crippen LogP contribution in [0, 0.1) is 6.92 Å². The number of rotatable bonds is 5. The van der Waals surface area contributed by atoms with Crippen LogP contribution in [0.1, 0.15) is 29.1 Å². The molecule has 8 heteroatoms. The lowest BCUT2D eigenvalue weighted by Gasteiger charge is -2.12. The summed E-state index contributed by atoms with van der Waals surface area (Å²) in [4.78, 5) is 36.7. The average Bonchev–Trinajstić information content (AvgIpc) is 2.95. The molecule has 1 aliphatic carbocycles.